The number of hydrogen-bond acceptors (Lipinski definition) is 4. The summed E-state index contributed by atoms with van der Waals surface area (Å²) in [6.45, 7) is 4.84. The van der Waals surface area contributed by atoms with Crippen molar-refractivity contribution in [1.82, 2.24) is 15.5 Å². The van der Waals surface area contributed by atoms with E-state index in [-0.39, 0.29) is 6.42 Å². The number of nitrogens with one attached hydrogen (secondary N) is 1. The Balaban J connectivity index is 2.32. The maximum absolute atomic E-state index is 12.0. The summed E-state index contributed by atoms with van der Waals surface area (Å²) in [5, 5.41) is 12.1. The van der Waals surface area contributed by atoms with E-state index in [2.05, 4.69) is 15.5 Å². The normalized spacial score (nSPS) is 12.4. The monoisotopic (exact) mass is 267 g/mol. The van der Waals surface area contributed by atoms with Gasteiger partial charge in [-0.3, -0.25) is 0 Å². The molecule has 1 aromatic rings. The van der Waals surface area contributed by atoms with Crippen LogP contribution < -0.4 is 5.32 Å². The fraction of sp³-hybridized carbons (Fsp3) is 0.800. The predicted molar refractivity (Wildman–Crippen MR) is 61.1 cm³/mol. The van der Waals surface area contributed by atoms with Gasteiger partial charge in [0.05, 0.1) is 0 Å². The van der Waals surface area contributed by atoms with Crippen LogP contribution >= 0.6 is 11.3 Å². The van der Waals surface area contributed by atoms with E-state index in [1.807, 2.05) is 13.8 Å². The number of hydrogen-bond donors (Lipinski definition) is 1. The average Bonchev–Trinajstić information content (AvgIpc) is 2.61. The molecule has 0 fully saturated rings. The quantitative estimate of drug-likeness (QED) is 0.861. The van der Waals surface area contributed by atoms with Crippen LogP contribution in [-0.2, 0) is 12.8 Å². The minimum Gasteiger partial charge on any atom is -0.314 e. The highest BCUT2D eigenvalue weighted by atomic mass is 32.1. The Labute approximate surface area is 102 Å². The molecule has 1 heterocycles. The molecule has 1 N–H and O–H groups in total. The van der Waals surface area contributed by atoms with E-state index in [4.69, 9.17) is 0 Å². The molecule has 0 aliphatic heterocycles. The van der Waals surface area contributed by atoms with Gasteiger partial charge in [0.2, 0.25) is 0 Å². The smallest absolute Gasteiger partial charge is 0.314 e. The Morgan fingerprint density at radius 3 is 2.29 bits per heavy atom. The second-order valence-corrected chi connectivity index (χ2v) is 5.21. The predicted octanol–water partition coefficient (Wildman–Crippen LogP) is 2.57. The van der Waals surface area contributed by atoms with Crippen LogP contribution in [0.1, 0.15) is 30.3 Å². The zero-order valence-corrected chi connectivity index (χ0v) is 10.7. The average molecular weight is 267 g/mol. The van der Waals surface area contributed by atoms with Crippen molar-refractivity contribution in [3.8, 4) is 0 Å². The Bertz CT molecular complexity index is 336. The van der Waals surface area contributed by atoms with Gasteiger partial charge in [-0.1, -0.05) is 13.8 Å². The lowest BCUT2D eigenvalue weighted by Crippen LogP contribution is -2.24. The highest BCUT2D eigenvalue weighted by molar-refractivity contribution is 7.11. The van der Waals surface area contributed by atoms with Crippen LogP contribution in [-0.4, -0.2) is 29.0 Å². The van der Waals surface area contributed by atoms with Crippen molar-refractivity contribution in [3.05, 3.63) is 10.0 Å². The van der Waals surface area contributed by atoms with E-state index in [0.717, 1.165) is 11.6 Å². The minimum absolute atomic E-state index is 0.0707. The third kappa shape index (κ3) is 6.58. The van der Waals surface area contributed by atoms with Gasteiger partial charge in [-0.05, 0) is 0 Å². The SMILES string of the molecule is CC(C)NCCc1nnc(CCC(F)(F)F)s1. The summed E-state index contributed by atoms with van der Waals surface area (Å²) >= 11 is 1.26. The lowest BCUT2D eigenvalue weighted by atomic mass is 10.3. The fourth-order valence-corrected chi connectivity index (χ4v) is 2.05. The molecule has 7 heteroatoms. The minimum atomic E-state index is -4.12. The molecule has 0 amide bonds. The van der Waals surface area contributed by atoms with Crippen LogP contribution in [0.2, 0.25) is 0 Å². The van der Waals surface area contributed by atoms with Crippen molar-refractivity contribution in [2.24, 2.45) is 0 Å². The zero-order valence-electron chi connectivity index (χ0n) is 9.84. The Morgan fingerprint density at radius 2 is 1.76 bits per heavy atom. The molecule has 0 atom stereocenters. The van der Waals surface area contributed by atoms with Crippen LogP contribution in [0.25, 0.3) is 0 Å². The third-order valence-corrected chi connectivity index (χ3v) is 3.07. The summed E-state index contributed by atoms with van der Waals surface area (Å²) in [7, 11) is 0. The third-order valence-electron chi connectivity index (χ3n) is 2.02. The van der Waals surface area contributed by atoms with E-state index in [1.165, 1.54) is 11.3 Å². The molecular weight excluding hydrogens is 251 g/mol. The highest BCUT2D eigenvalue weighted by Gasteiger charge is 2.27. The van der Waals surface area contributed by atoms with Crippen LogP contribution in [0.3, 0.4) is 0 Å². The molecule has 3 nitrogen and oxygen atoms in total. The van der Waals surface area contributed by atoms with Crippen molar-refractivity contribution in [3.63, 3.8) is 0 Å². The molecule has 0 aliphatic carbocycles. The molecule has 1 aromatic heterocycles. The van der Waals surface area contributed by atoms with Crippen molar-refractivity contribution >= 4 is 11.3 Å². The van der Waals surface area contributed by atoms with Gasteiger partial charge < -0.3 is 5.32 Å². The van der Waals surface area contributed by atoms with Crippen LogP contribution in [0.15, 0.2) is 0 Å². The molecular formula is C10H16F3N3S. The molecule has 0 saturated carbocycles. The van der Waals surface area contributed by atoms with Gasteiger partial charge in [0.25, 0.3) is 0 Å². The maximum atomic E-state index is 12.0. The first kappa shape index (κ1) is 14.4. The molecule has 0 bridgehead atoms. The number of aromatic nitrogens is 2. The van der Waals surface area contributed by atoms with Crippen molar-refractivity contribution in [2.75, 3.05) is 6.54 Å². The molecule has 0 aliphatic rings. The van der Waals surface area contributed by atoms with E-state index in [0.29, 0.717) is 17.5 Å². The summed E-state index contributed by atoms with van der Waals surface area (Å²) in [6.07, 6.45) is -4.31. The molecule has 0 saturated heterocycles. The topological polar surface area (TPSA) is 37.8 Å². The van der Waals surface area contributed by atoms with Gasteiger partial charge in [0, 0.05) is 31.8 Å². The molecule has 0 aromatic carbocycles. The molecule has 98 valence electrons. The second-order valence-electron chi connectivity index (χ2n) is 4.06. The Kier molecular flexibility index (Phi) is 5.32. The number of halogens is 3. The maximum Gasteiger partial charge on any atom is 0.389 e. The van der Waals surface area contributed by atoms with Crippen molar-refractivity contribution in [2.45, 2.75) is 45.3 Å². The van der Waals surface area contributed by atoms with Crippen LogP contribution in [0.4, 0.5) is 13.2 Å². The van der Waals surface area contributed by atoms with Crippen molar-refractivity contribution in [1.29, 1.82) is 0 Å². The van der Waals surface area contributed by atoms with Gasteiger partial charge in [0.1, 0.15) is 10.0 Å². The van der Waals surface area contributed by atoms with E-state index in [9.17, 15) is 13.2 Å². The second kappa shape index (κ2) is 6.30. The molecule has 17 heavy (non-hydrogen) atoms. The molecule has 0 radical (unpaired) electrons. The van der Waals surface area contributed by atoms with Gasteiger partial charge in [-0.2, -0.15) is 13.2 Å². The fourth-order valence-electron chi connectivity index (χ4n) is 1.21. The van der Waals surface area contributed by atoms with Crippen LogP contribution in [0, 0.1) is 0 Å². The van der Waals surface area contributed by atoms with Gasteiger partial charge in [-0.15, -0.1) is 21.5 Å². The molecule has 0 unspecified atom stereocenters. The van der Waals surface area contributed by atoms with Gasteiger partial charge >= 0.3 is 6.18 Å². The number of alkyl halides is 3. The number of rotatable bonds is 6. The standard InChI is InChI=1S/C10H16F3N3S/c1-7(2)14-6-4-9-16-15-8(17-9)3-5-10(11,12)13/h7,14H,3-6H2,1-2H3. The van der Waals surface area contributed by atoms with Crippen LogP contribution in [0.5, 0.6) is 0 Å². The van der Waals surface area contributed by atoms with Gasteiger partial charge in [0.15, 0.2) is 0 Å². The molecule has 0 spiro atoms. The molecule has 1 rings (SSSR count). The largest absolute Gasteiger partial charge is 0.389 e. The number of aryl methyl sites for hydroxylation is 1. The first-order valence-corrected chi connectivity index (χ1v) is 6.30. The first-order chi connectivity index (χ1) is 7.87. The lowest BCUT2D eigenvalue weighted by molar-refractivity contribution is -0.134. The first-order valence-electron chi connectivity index (χ1n) is 5.48. The summed E-state index contributed by atoms with van der Waals surface area (Å²) in [6, 6.07) is 0.396. The van der Waals surface area contributed by atoms with E-state index >= 15 is 0 Å². The number of nitrogens with zero attached hydrogens (tertiary/aromatic N) is 2. The van der Waals surface area contributed by atoms with Gasteiger partial charge in [-0.25, -0.2) is 0 Å². The Morgan fingerprint density at radius 1 is 1.18 bits per heavy atom. The zero-order chi connectivity index (χ0) is 12.9. The summed E-state index contributed by atoms with van der Waals surface area (Å²) in [5.41, 5.74) is 0. The van der Waals surface area contributed by atoms with Crippen molar-refractivity contribution < 1.29 is 13.2 Å². The summed E-state index contributed by atoms with van der Waals surface area (Å²) in [5.74, 6) is 0. The van der Waals surface area contributed by atoms with E-state index in [1.54, 1.807) is 0 Å². The summed E-state index contributed by atoms with van der Waals surface area (Å²) < 4.78 is 36.0. The van der Waals surface area contributed by atoms with E-state index < -0.39 is 12.6 Å². The highest BCUT2D eigenvalue weighted by Crippen LogP contribution is 2.23. The lowest BCUT2D eigenvalue weighted by Gasteiger charge is -2.05. The summed E-state index contributed by atoms with van der Waals surface area (Å²) in [4.78, 5) is 0. The Hall–Kier alpha value is -0.690.